The second-order valence-corrected chi connectivity index (χ2v) is 9.00. The van der Waals surface area contributed by atoms with E-state index in [0.717, 1.165) is 5.56 Å². The fraction of sp³-hybridized carbons (Fsp3) is 0.391. The van der Waals surface area contributed by atoms with Gasteiger partial charge in [-0.3, -0.25) is 9.59 Å². The fourth-order valence-corrected chi connectivity index (χ4v) is 3.30. The Bertz CT molecular complexity index is 928. The van der Waals surface area contributed by atoms with Gasteiger partial charge in [0.25, 0.3) is 5.91 Å². The summed E-state index contributed by atoms with van der Waals surface area (Å²) >= 11 is 12.0. The molecule has 31 heavy (non-hydrogen) atoms. The van der Waals surface area contributed by atoms with Crippen LogP contribution in [0.4, 0.5) is 0 Å². The lowest BCUT2D eigenvalue weighted by Crippen LogP contribution is -2.53. The lowest BCUT2D eigenvalue weighted by atomic mass is 10.1. The largest absolute Gasteiger partial charge is 0.497 e. The normalized spacial score (nSPS) is 12.1. The minimum atomic E-state index is -0.720. The van der Waals surface area contributed by atoms with Crippen LogP contribution in [0.25, 0.3) is 0 Å². The highest BCUT2D eigenvalue weighted by molar-refractivity contribution is 6.35. The molecule has 0 bridgehead atoms. The SMILES string of the molecule is COc1cccc(CN(C(=O)COc2ccc(Cl)cc2Cl)[C@@H](C)C(=O)NC(C)(C)C)c1. The van der Waals surface area contributed by atoms with Crippen molar-refractivity contribution in [1.29, 1.82) is 0 Å². The number of nitrogens with zero attached hydrogens (tertiary/aromatic N) is 1. The number of nitrogens with one attached hydrogen (secondary N) is 1. The molecule has 2 amide bonds. The van der Waals surface area contributed by atoms with Gasteiger partial charge in [0.2, 0.25) is 5.91 Å². The minimum absolute atomic E-state index is 0.215. The molecule has 0 aliphatic carbocycles. The summed E-state index contributed by atoms with van der Waals surface area (Å²) in [5.74, 6) is 0.395. The van der Waals surface area contributed by atoms with E-state index >= 15 is 0 Å². The summed E-state index contributed by atoms with van der Waals surface area (Å²) in [4.78, 5) is 27.3. The number of halogens is 2. The number of carbonyl (C=O) groups is 2. The molecule has 2 rings (SSSR count). The number of carbonyl (C=O) groups excluding carboxylic acids is 2. The zero-order valence-corrected chi connectivity index (χ0v) is 19.9. The van der Waals surface area contributed by atoms with Gasteiger partial charge in [-0.2, -0.15) is 0 Å². The van der Waals surface area contributed by atoms with Crippen LogP contribution in [-0.4, -0.2) is 42.0 Å². The van der Waals surface area contributed by atoms with Gasteiger partial charge in [0.1, 0.15) is 17.5 Å². The first-order chi connectivity index (χ1) is 14.5. The van der Waals surface area contributed by atoms with Crippen molar-refractivity contribution in [3.8, 4) is 11.5 Å². The van der Waals surface area contributed by atoms with Gasteiger partial charge in [0, 0.05) is 17.1 Å². The fourth-order valence-electron chi connectivity index (χ4n) is 2.84. The van der Waals surface area contributed by atoms with Crippen molar-refractivity contribution >= 4 is 35.0 Å². The second kappa shape index (κ2) is 10.7. The predicted octanol–water partition coefficient (Wildman–Crippen LogP) is 4.71. The first kappa shape index (κ1) is 24.8. The van der Waals surface area contributed by atoms with Gasteiger partial charge in [-0.05, 0) is 63.6 Å². The summed E-state index contributed by atoms with van der Waals surface area (Å²) in [5.41, 5.74) is 0.399. The van der Waals surface area contributed by atoms with E-state index in [1.807, 2.05) is 45.0 Å². The highest BCUT2D eigenvalue weighted by atomic mass is 35.5. The van der Waals surface area contributed by atoms with Crippen LogP contribution in [0.1, 0.15) is 33.3 Å². The van der Waals surface area contributed by atoms with Crippen molar-refractivity contribution < 1.29 is 19.1 Å². The third kappa shape index (κ3) is 7.64. The van der Waals surface area contributed by atoms with Crippen molar-refractivity contribution in [2.75, 3.05) is 13.7 Å². The van der Waals surface area contributed by atoms with Crippen molar-refractivity contribution in [2.24, 2.45) is 0 Å². The lowest BCUT2D eigenvalue weighted by Gasteiger charge is -2.31. The topological polar surface area (TPSA) is 67.9 Å². The number of hydrogen-bond donors (Lipinski definition) is 1. The van der Waals surface area contributed by atoms with Gasteiger partial charge in [0.15, 0.2) is 6.61 Å². The Morgan fingerprint density at radius 2 is 1.84 bits per heavy atom. The van der Waals surface area contributed by atoms with Gasteiger partial charge in [-0.1, -0.05) is 35.3 Å². The molecule has 0 aliphatic rings. The van der Waals surface area contributed by atoms with E-state index in [0.29, 0.717) is 21.5 Å². The Hall–Kier alpha value is -2.44. The van der Waals surface area contributed by atoms with Gasteiger partial charge in [-0.25, -0.2) is 0 Å². The molecule has 6 nitrogen and oxygen atoms in total. The van der Waals surface area contributed by atoms with E-state index in [-0.39, 0.29) is 25.0 Å². The summed E-state index contributed by atoms with van der Waals surface area (Å²) < 4.78 is 10.9. The van der Waals surface area contributed by atoms with Gasteiger partial charge in [-0.15, -0.1) is 0 Å². The van der Waals surface area contributed by atoms with Crippen LogP contribution in [0.3, 0.4) is 0 Å². The Kier molecular flexibility index (Phi) is 8.60. The number of hydrogen-bond acceptors (Lipinski definition) is 4. The van der Waals surface area contributed by atoms with E-state index in [4.69, 9.17) is 32.7 Å². The highest BCUT2D eigenvalue weighted by Crippen LogP contribution is 2.27. The predicted molar refractivity (Wildman–Crippen MR) is 123 cm³/mol. The second-order valence-electron chi connectivity index (χ2n) is 8.15. The van der Waals surface area contributed by atoms with Crippen molar-refractivity contribution in [3.05, 3.63) is 58.1 Å². The Labute approximate surface area is 193 Å². The molecular formula is C23H28Cl2N2O4. The molecule has 0 aliphatic heterocycles. The molecule has 1 N–H and O–H groups in total. The third-order valence-corrected chi connectivity index (χ3v) is 4.93. The molecule has 1 atom stereocenters. The first-order valence-corrected chi connectivity index (χ1v) is 10.6. The molecule has 0 heterocycles. The maximum Gasteiger partial charge on any atom is 0.261 e. The van der Waals surface area contributed by atoms with Crippen molar-refractivity contribution in [3.63, 3.8) is 0 Å². The summed E-state index contributed by atoms with van der Waals surface area (Å²) in [7, 11) is 1.57. The molecule has 2 aromatic carbocycles. The summed E-state index contributed by atoms with van der Waals surface area (Å²) in [6, 6.07) is 11.4. The van der Waals surface area contributed by atoms with Crippen molar-refractivity contribution in [1.82, 2.24) is 10.2 Å². The Morgan fingerprint density at radius 1 is 1.13 bits per heavy atom. The van der Waals surface area contributed by atoms with E-state index in [2.05, 4.69) is 5.32 Å². The smallest absolute Gasteiger partial charge is 0.261 e. The van der Waals surface area contributed by atoms with Crippen LogP contribution in [0, 0.1) is 0 Å². The first-order valence-electron chi connectivity index (χ1n) is 9.82. The Morgan fingerprint density at radius 3 is 2.45 bits per heavy atom. The van der Waals surface area contributed by atoms with E-state index < -0.39 is 11.6 Å². The summed E-state index contributed by atoms with van der Waals surface area (Å²) in [5, 5.41) is 3.69. The molecular weight excluding hydrogens is 439 g/mol. The minimum Gasteiger partial charge on any atom is -0.497 e. The zero-order valence-electron chi connectivity index (χ0n) is 18.4. The van der Waals surface area contributed by atoms with Gasteiger partial charge in [0.05, 0.1) is 12.1 Å². The average Bonchev–Trinajstić information content (AvgIpc) is 2.69. The van der Waals surface area contributed by atoms with Crippen LogP contribution in [-0.2, 0) is 16.1 Å². The van der Waals surface area contributed by atoms with Crippen molar-refractivity contribution in [2.45, 2.75) is 45.8 Å². The maximum atomic E-state index is 13.1. The molecule has 0 spiro atoms. The van der Waals surface area contributed by atoms with Gasteiger partial charge < -0.3 is 19.7 Å². The molecule has 168 valence electrons. The average molecular weight is 467 g/mol. The van der Waals surface area contributed by atoms with Gasteiger partial charge >= 0.3 is 0 Å². The van der Waals surface area contributed by atoms with E-state index in [1.54, 1.807) is 26.2 Å². The van der Waals surface area contributed by atoms with Crippen LogP contribution in [0.2, 0.25) is 10.0 Å². The summed E-state index contributed by atoms with van der Waals surface area (Å²) in [6.45, 7) is 7.28. The molecule has 0 saturated carbocycles. The monoisotopic (exact) mass is 466 g/mol. The molecule has 8 heteroatoms. The Balaban J connectivity index is 2.22. The van der Waals surface area contributed by atoms with E-state index in [9.17, 15) is 9.59 Å². The number of amides is 2. The maximum absolute atomic E-state index is 13.1. The third-order valence-electron chi connectivity index (χ3n) is 4.40. The lowest BCUT2D eigenvalue weighted by molar-refractivity contribution is -0.142. The van der Waals surface area contributed by atoms with Crippen LogP contribution in [0.5, 0.6) is 11.5 Å². The van der Waals surface area contributed by atoms with Crippen LogP contribution >= 0.6 is 23.2 Å². The number of methoxy groups -OCH3 is 1. The van der Waals surface area contributed by atoms with E-state index in [1.165, 1.54) is 11.0 Å². The molecule has 0 fully saturated rings. The highest BCUT2D eigenvalue weighted by Gasteiger charge is 2.29. The number of rotatable bonds is 8. The number of ether oxygens (including phenoxy) is 2. The molecule has 0 radical (unpaired) electrons. The summed E-state index contributed by atoms with van der Waals surface area (Å²) in [6.07, 6.45) is 0. The molecule has 2 aromatic rings. The zero-order chi connectivity index (χ0) is 23.2. The van der Waals surface area contributed by atoms with Crippen LogP contribution < -0.4 is 14.8 Å². The molecule has 0 aromatic heterocycles. The van der Waals surface area contributed by atoms with Crippen LogP contribution in [0.15, 0.2) is 42.5 Å². The standard InChI is InChI=1S/C23H28Cl2N2O4/c1-15(22(29)26-23(2,3)4)27(13-16-7-6-8-18(11-16)30-5)21(28)14-31-20-10-9-17(24)12-19(20)25/h6-12,15H,13-14H2,1-5H3,(H,26,29)/t15-/m0/s1. The number of benzene rings is 2. The molecule has 0 saturated heterocycles. The molecule has 0 unspecified atom stereocenters. The quantitative estimate of drug-likeness (QED) is 0.611.